The van der Waals surface area contributed by atoms with Gasteiger partial charge in [-0.1, -0.05) is 25.6 Å². The Hall–Kier alpha value is -1.50. The van der Waals surface area contributed by atoms with Crippen molar-refractivity contribution < 1.29 is 0 Å². The number of imidazole rings is 1. The molecule has 0 atom stereocenters. The third-order valence-electron chi connectivity index (χ3n) is 3.12. The lowest BCUT2D eigenvalue weighted by Crippen LogP contribution is -2.37. The van der Waals surface area contributed by atoms with Gasteiger partial charge in [-0.3, -0.25) is 13.9 Å². The summed E-state index contributed by atoms with van der Waals surface area (Å²) in [4.78, 5) is 28.9. The standard InChI is InChI=1S/C13H20N4O2S/c1-7(2)17-9-10(14-12(17)20-8(3)4)15(5)13(19)16(6)11(9)18/h7-8H,1-6H3. The van der Waals surface area contributed by atoms with Crippen LogP contribution >= 0.6 is 11.8 Å². The smallest absolute Gasteiger partial charge is 0.311 e. The molecule has 0 amide bonds. The summed E-state index contributed by atoms with van der Waals surface area (Å²) in [5, 5.41) is 1.13. The highest BCUT2D eigenvalue weighted by Gasteiger charge is 2.21. The van der Waals surface area contributed by atoms with E-state index in [-0.39, 0.29) is 17.3 Å². The molecular formula is C13H20N4O2S. The summed E-state index contributed by atoms with van der Waals surface area (Å²) in [7, 11) is 3.14. The van der Waals surface area contributed by atoms with E-state index in [9.17, 15) is 9.59 Å². The van der Waals surface area contributed by atoms with E-state index in [1.165, 1.54) is 11.6 Å². The molecule has 2 aromatic heterocycles. The van der Waals surface area contributed by atoms with Crippen LogP contribution in [-0.2, 0) is 14.1 Å². The molecule has 0 saturated carbocycles. The molecule has 2 rings (SSSR count). The van der Waals surface area contributed by atoms with Crippen molar-refractivity contribution in [2.45, 2.75) is 44.1 Å². The number of aromatic nitrogens is 4. The summed E-state index contributed by atoms with van der Waals surface area (Å²) >= 11 is 1.60. The minimum absolute atomic E-state index is 0.103. The summed E-state index contributed by atoms with van der Waals surface area (Å²) < 4.78 is 4.48. The highest BCUT2D eigenvalue weighted by Crippen LogP contribution is 2.27. The fourth-order valence-electron chi connectivity index (χ4n) is 2.17. The zero-order valence-electron chi connectivity index (χ0n) is 12.7. The van der Waals surface area contributed by atoms with Crippen molar-refractivity contribution in [3.05, 3.63) is 20.8 Å². The van der Waals surface area contributed by atoms with Crippen molar-refractivity contribution in [3.63, 3.8) is 0 Å². The Morgan fingerprint density at radius 3 is 2.15 bits per heavy atom. The molecule has 0 aliphatic carbocycles. The Bertz CT molecular complexity index is 767. The molecule has 2 heterocycles. The van der Waals surface area contributed by atoms with Gasteiger partial charge in [-0.05, 0) is 13.8 Å². The molecule has 0 aromatic carbocycles. The number of thioether (sulfide) groups is 1. The maximum absolute atomic E-state index is 12.4. The molecule has 7 heteroatoms. The highest BCUT2D eigenvalue weighted by molar-refractivity contribution is 7.99. The number of aryl methyl sites for hydroxylation is 1. The Morgan fingerprint density at radius 1 is 1.05 bits per heavy atom. The van der Waals surface area contributed by atoms with Crippen LogP contribution in [0.1, 0.15) is 33.7 Å². The average Bonchev–Trinajstić information content (AvgIpc) is 2.72. The van der Waals surface area contributed by atoms with E-state index < -0.39 is 0 Å². The van der Waals surface area contributed by atoms with Gasteiger partial charge in [-0.25, -0.2) is 9.78 Å². The molecule has 0 fully saturated rings. The van der Waals surface area contributed by atoms with Gasteiger partial charge in [0.25, 0.3) is 5.56 Å². The third kappa shape index (κ3) is 2.19. The lowest BCUT2D eigenvalue weighted by atomic mass is 10.4. The van der Waals surface area contributed by atoms with E-state index in [2.05, 4.69) is 18.8 Å². The molecule has 6 nitrogen and oxygen atoms in total. The van der Waals surface area contributed by atoms with Crippen molar-refractivity contribution in [1.29, 1.82) is 0 Å². The van der Waals surface area contributed by atoms with Gasteiger partial charge in [0.1, 0.15) is 0 Å². The van der Waals surface area contributed by atoms with E-state index in [0.29, 0.717) is 16.4 Å². The molecular weight excluding hydrogens is 276 g/mol. The lowest BCUT2D eigenvalue weighted by molar-refractivity contribution is 0.562. The van der Waals surface area contributed by atoms with E-state index >= 15 is 0 Å². The van der Waals surface area contributed by atoms with E-state index in [0.717, 1.165) is 9.72 Å². The first-order valence-corrected chi connectivity index (χ1v) is 7.48. The Kier molecular flexibility index (Phi) is 3.82. The second kappa shape index (κ2) is 5.12. The normalized spacial score (nSPS) is 12.0. The Morgan fingerprint density at radius 2 is 1.65 bits per heavy atom. The van der Waals surface area contributed by atoms with Gasteiger partial charge in [-0.15, -0.1) is 0 Å². The molecule has 0 aliphatic rings. The molecule has 110 valence electrons. The van der Waals surface area contributed by atoms with Crippen LogP contribution in [0.3, 0.4) is 0 Å². The summed E-state index contributed by atoms with van der Waals surface area (Å²) in [5.74, 6) is 0. The fourth-order valence-corrected chi connectivity index (χ4v) is 3.14. The minimum atomic E-state index is -0.350. The van der Waals surface area contributed by atoms with E-state index in [4.69, 9.17) is 0 Å². The van der Waals surface area contributed by atoms with Crippen LogP contribution < -0.4 is 11.2 Å². The lowest BCUT2D eigenvalue weighted by Gasteiger charge is -2.13. The zero-order chi connectivity index (χ0) is 15.2. The summed E-state index contributed by atoms with van der Waals surface area (Å²) in [6, 6.07) is 0.103. The summed E-state index contributed by atoms with van der Waals surface area (Å²) in [6.07, 6.45) is 0. The van der Waals surface area contributed by atoms with Crippen molar-refractivity contribution >= 4 is 22.9 Å². The molecule has 0 aliphatic heterocycles. The van der Waals surface area contributed by atoms with Gasteiger partial charge in [-0.2, -0.15) is 0 Å². The molecule has 0 bridgehead atoms. The maximum Gasteiger partial charge on any atom is 0.332 e. The monoisotopic (exact) mass is 296 g/mol. The number of rotatable bonds is 3. The first-order valence-electron chi connectivity index (χ1n) is 6.60. The number of hydrogen-bond donors (Lipinski definition) is 0. The summed E-state index contributed by atoms with van der Waals surface area (Å²) in [5.41, 5.74) is 0.305. The molecule has 20 heavy (non-hydrogen) atoms. The fraction of sp³-hybridized carbons (Fsp3) is 0.615. The number of nitrogens with zero attached hydrogens (tertiary/aromatic N) is 4. The maximum atomic E-state index is 12.4. The SMILES string of the molecule is CC(C)Sc1nc2c(c(=O)n(C)c(=O)n2C)n1C(C)C. The van der Waals surface area contributed by atoms with Gasteiger partial charge in [0.15, 0.2) is 16.3 Å². The van der Waals surface area contributed by atoms with Gasteiger partial charge in [0, 0.05) is 25.4 Å². The second-order valence-corrected chi connectivity index (χ2v) is 6.95. The molecule has 0 N–H and O–H groups in total. The summed E-state index contributed by atoms with van der Waals surface area (Å²) in [6.45, 7) is 8.17. The van der Waals surface area contributed by atoms with Crippen LogP contribution in [0.25, 0.3) is 11.2 Å². The Labute approximate surface area is 121 Å². The van der Waals surface area contributed by atoms with Crippen LogP contribution in [0, 0.1) is 0 Å². The van der Waals surface area contributed by atoms with Gasteiger partial charge in [0.05, 0.1) is 0 Å². The topological polar surface area (TPSA) is 61.8 Å². The van der Waals surface area contributed by atoms with Crippen LogP contribution in [-0.4, -0.2) is 23.9 Å². The van der Waals surface area contributed by atoms with E-state index in [1.54, 1.807) is 18.8 Å². The average molecular weight is 296 g/mol. The van der Waals surface area contributed by atoms with Crippen LogP contribution in [0.2, 0.25) is 0 Å². The molecule has 0 spiro atoms. The molecule has 0 saturated heterocycles. The first-order chi connectivity index (χ1) is 9.25. The number of fused-ring (bicyclic) bond motifs is 1. The van der Waals surface area contributed by atoms with Crippen LogP contribution in [0.4, 0.5) is 0 Å². The van der Waals surface area contributed by atoms with Crippen molar-refractivity contribution in [1.82, 2.24) is 18.7 Å². The largest absolute Gasteiger partial charge is 0.332 e. The quantitative estimate of drug-likeness (QED) is 0.806. The predicted molar refractivity (Wildman–Crippen MR) is 81.6 cm³/mol. The second-order valence-electron chi connectivity index (χ2n) is 5.40. The van der Waals surface area contributed by atoms with E-state index in [1.807, 2.05) is 18.4 Å². The number of hydrogen-bond acceptors (Lipinski definition) is 4. The molecule has 0 unspecified atom stereocenters. The predicted octanol–water partition coefficient (Wildman–Crippen LogP) is 1.52. The zero-order valence-corrected chi connectivity index (χ0v) is 13.5. The minimum Gasteiger partial charge on any atom is -0.311 e. The van der Waals surface area contributed by atoms with Crippen LogP contribution in [0.15, 0.2) is 14.7 Å². The van der Waals surface area contributed by atoms with Gasteiger partial charge in [0.2, 0.25) is 0 Å². The van der Waals surface area contributed by atoms with Crippen LogP contribution in [0.5, 0.6) is 0 Å². The van der Waals surface area contributed by atoms with Gasteiger partial charge < -0.3 is 4.57 Å². The van der Waals surface area contributed by atoms with Gasteiger partial charge >= 0.3 is 5.69 Å². The highest BCUT2D eigenvalue weighted by atomic mass is 32.2. The first kappa shape index (κ1) is 14.9. The van der Waals surface area contributed by atoms with Crippen molar-refractivity contribution in [3.8, 4) is 0 Å². The van der Waals surface area contributed by atoms with Crippen molar-refractivity contribution in [2.75, 3.05) is 0 Å². The molecule has 0 radical (unpaired) electrons. The van der Waals surface area contributed by atoms with Crippen molar-refractivity contribution in [2.24, 2.45) is 14.1 Å². The Balaban J connectivity index is 2.96. The molecule has 2 aromatic rings. The third-order valence-corrected chi connectivity index (χ3v) is 4.09.